The maximum Gasteiger partial charge on any atom is 0.277 e. The molecule has 2 aromatic heterocycles. The number of thiazole rings is 1. The molecule has 0 aliphatic carbocycles. The highest BCUT2D eigenvalue weighted by Crippen LogP contribution is 2.30. The van der Waals surface area contributed by atoms with E-state index in [9.17, 15) is 4.79 Å². The van der Waals surface area contributed by atoms with Crippen LogP contribution >= 0.6 is 23.1 Å². The predicted octanol–water partition coefficient (Wildman–Crippen LogP) is 3.57. The van der Waals surface area contributed by atoms with Crippen LogP contribution in [-0.4, -0.2) is 45.9 Å². The van der Waals surface area contributed by atoms with E-state index in [0.29, 0.717) is 17.7 Å². The summed E-state index contributed by atoms with van der Waals surface area (Å²) < 4.78 is 11.0. The molecular formula is C18H20N4O3S2. The third-order valence-electron chi connectivity index (χ3n) is 3.85. The lowest BCUT2D eigenvalue weighted by atomic mass is 10.2. The number of aryl methyl sites for hydroxylation is 2. The van der Waals surface area contributed by atoms with Crippen LogP contribution in [0.2, 0.25) is 0 Å². The van der Waals surface area contributed by atoms with Crippen LogP contribution in [0.1, 0.15) is 16.3 Å². The van der Waals surface area contributed by atoms with Gasteiger partial charge in [-0.25, -0.2) is 4.98 Å². The molecule has 3 aromatic rings. The van der Waals surface area contributed by atoms with Crippen LogP contribution in [0.5, 0.6) is 5.75 Å². The zero-order valence-electron chi connectivity index (χ0n) is 15.6. The van der Waals surface area contributed by atoms with E-state index >= 15 is 0 Å². The molecule has 3 rings (SSSR count). The molecule has 0 N–H and O–H groups in total. The van der Waals surface area contributed by atoms with E-state index in [2.05, 4.69) is 15.2 Å². The number of thioether (sulfide) groups is 1. The first kappa shape index (κ1) is 19.4. The van der Waals surface area contributed by atoms with Gasteiger partial charge < -0.3 is 14.1 Å². The van der Waals surface area contributed by atoms with Crippen molar-refractivity contribution < 1.29 is 13.9 Å². The van der Waals surface area contributed by atoms with Gasteiger partial charge in [-0.2, -0.15) is 0 Å². The van der Waals surface area contributed by atoms with Crippen molar-refractivity contribution in [3.05, 3.63) is 40.5 Å². The number of para-hydroxylation sites is 1. The molecule has 2 heterocycles. The first-order chi connectivity index (χ1) is 13.0. The van der Waals surface area contributed by atoms with Crippen molar-refractivity contribution in [2.75, 3.05) is 19.9 Å². The lowest BCUT2D eigenvalue weighted by molar-refractivity contribution is -0.127. The van der Waals surface area contributed by atoms with Gasteiger partial charge in [-0.05, 0) is 19.9 Å². The smallest absolute Gasteiger partial charge is 0.277 e. The van der Waals surface area contributed by atoms with E-state index < -0.39 is 0 Å². The number of nitrogens with zero attached hydrogens (tertiary/aromatic N) is 4. The summed E-state index contributed by atoms with van der Waals surface area (Å²) in [6.45, 7) is 4.31. The molecule has 0 radical (unpaired) electrons. The van der Waals surface area contributed by atoms with Crippen LogP contribution in [0.15, 0.2) is 33.9 Å². The highest BCUT2D eigenvalue weighted by molar-refractivity contribution is 7.99. The molecule has 27 heavy (non-hydrogen) atoms. The average molecular weight is 405 g/mol. The van der Waals surface area contributed by atoms with Gasteiger partial charge in [0.05, 0.1) is 23.6 Å². The first-order valence-electron chi connectivity index (χ1n) is 8.24. The number of ether oxygens (including phenoxy) is 1. The molecule has 0 saturated heterocycles. The van der Waals surface area contributed by atoms with Crippen molar-refractivity contribution in [3.63, 3.8) is 0 Å². The largest absolute Gasteiger partial charge is 0.496 e. The molecule has 142 valence electrons. The minimum atomic E-state index is -0.0320. The summed E-state index contributed by atoms with van der Waals surface area (Å²) in [6, 6.07) is 7.65. The fourth-order valence-corrected chi connectivity index (χ4v) is 4.05. The van der Waals surface area contributed by atoms with Crippen LogP contribution < -0.4 is 4.74 Å². The van der Waals surface area contributed by atoms with Gasteiger partial charge in [0, 0.05) is 19.2 Å². The molecule has 0 saturated carbocycles. The molecule has 0 aliphatic rings. The standard InChI is InChI=1S/C18H20N4O3S2/c1-11-16(27-12(2)19-11)17-20-21-18(25-17)26-10-15(23)22(3)9-13-7-5-6-8-14(13)24-4/h5-8H,9-10H2,1-4H3. The Labute approximate surface area is 165 Å². The number of aromatic nitrogens is 3. The average Bonchev–Trinajstić information content (AvgIpc) is 3.25. The lowest BCUT2D eigenvalue weighted by Gasteiger charge is -2.18. The van der Waals surface area contributed by atoms with E-state index in [1.54, 1.807) is 19.1 Å². The lowest BCUT2D eigenvalue weighted by Crippen LogP contribution is -2.28. The summed E-state index contributed by atoms with van der Waals surface area (Å²) in [5.74, 6) is 1.39. The van der Waals surface area contributed by atoms with Crippen molar-refractivity contribution in [2.24, 2.45) is 0 Å². The van der Waals surface area contributed by atoms with E-state index in [4.69, 9.17) is 9.15 Å². The highest BCUT2D eigenvalue weighted by atomic mass is 32.2. The minimum absolute atomic E-state index is 0.0320. The monoisotopic (exact) mass is 404 g/mol. The number of carbonyl (C=O) groups is 1. The van der Waals surface area contributed by atoms with Crippen molar-refractivity contribution in [1.82, 2.24) is 20.1 Å². The van der Waals surface area contributed by atoms with E-state index in [1.807, 2.05) is 38.1 Å². The first-order valence-corrected chi connectivity index (χ1v) is 10.0. The van der Waals surface area contributed by atoms with Crippen LogP contribution in [0.3, 0.4) is 0 Å². The topological polar surface area (TPSA) is 81.4 Å². The molecule has 7 nitrogen and oxygen atoms in total. The number of methoxy groups -OCH3 is 1. The molecule has 0 atom stereocenters. The summed E-state index contributed by atoms with van der Waals surface area (Å²) >= 11 is 2.74. The Morgan fingerprint density at radius 3 is 2.78 bits per heavy atom. The molecule has 1 amide bonds. The number of rotatable bonds is 7. The molecule has 1 aromatic carbocycles. The van der Waals surface area contributed by atoms with E-state index in [0.717, 1.165) is 26.9 Å². The van der Waals surface area contributed by atoms with Crippen molar-refractivity contribution in [1.29, 1.82) is 0 Å². The number of amides is 1. The van der Waals surface area contributed by atoms with Gasteiger partial charge in [0.1, 0.15) is 10.6 Å². The van der Waals surface area contributed by atoms with Crippen molar-refractivity contribution >= 4 is 29.0 Å². The fourth-order valence-electron chi connectivity index (χ4n) is 2.50. The number of hydrogen-bond acceptors (Lipinski definition) is 8. The summed E-state index contributed by atoms with van der Waals surface area (Å²) in [5.41, 5.74) is 1.82. The second-order valence-electron chi connectivity index (χ2n) is 5.87. The predicted molar refractivity (Wildman–Crippen MR) is 105 cm³/mol. The maximum atomic E-state index is 12.4. The Balaban J connectivity index is 1.58. The van der Waals surface area contributed by atoms with Gasteiger partial charge in [-0.3, -0.25) is 4.79 Å². The van der Waals surface area contributed by atoms with Gasteiger partial charge in [0.2, 0.25) is 5.91 Å². The van der Waals surface area contributed by atoms with Gasteiger partial charge in [-0.1, -0.05) is 30.0 Å². The number of hydrogen-bond donors (Lipinski definition) is 0. The van der Waals surface area contributed by atoms with Gasteiger partial charge in [-0.15, -0.1) is 21.5 Å². The van der Waals surface area contributed by atoms with Gasteiger partial charge >= 0.3 is 0 Å². The summed E-state index contributed by atoms with van der Waals surface area (Å²) in [6.07, 6.45) is 0. The SMILES string of the molecule is COc1ccccc1CN(C)C(=O)CSc1nnc(-c2sc(C)nc2C)o1. The van der Waals surface area contributed by atoms with Gasteiger partial charge in [0.15, 0.2) is 0 Å². The third kappa shape index (κ3) is 4.67. The maximum absolute atomic E-state index is 12.4. The molecule has 0 aliphatic heterocycles. The van der Waals surface area contributed by atoms with E-state index in [-0.39, 0.29) is 11.7 Å². The second-order valence-corrected chi connectivity index (χ2v) is 8.00. The molecule has 0 spiro atoms. The van der Waals surface area contributed by atoms with Crippen LogP contribution in [0.25, 0.3) is 10.8 Å². The Bertz CT molecular complexity index is 938. The number of carbonyl (C=O) groups excluding carboxylic acids is 1. The summed E-state index contributed by atoms with van der Waals surface area (Å²) in [7, 11) is 3.38. The Morgan fingerprint density at radius 1 is 1.30 bits per heavy atom. The molecule has 0 fully saturated rings. The second kappa shape index (κ2) is 8.53. The quantitative estimate of drug-likeness (QED) is 0.557. The Kier molecular flexibility index (Phi) is 6.12. The van der Waals surface area contributed by atoms with Crippen LogP contribution in [0, 0.1) is 13.8 Å². The normalized spacial score (nSPS) is 10.8. The minimum Gasteiger partial charge on any atom is -0.496 e. The van der Waals surface area contributed by atoms with E-state index in [1.165, 1.54) is 23.1 Å². The summed E-state index contributed by atoms with van der Waals surface area (Å²) in [4.78, 5) is 19.3. The Morgan fingerprint density at radius 2 is 2.07 bits per heavy atom. The number of benzene rings is 1. The third-order valence-corrected chi connectivity index (χ3v) is 5.71. The van der Waals surface area contributed by atoms with Crippen LogP contribution in [0.4, 0.5) is 0 Å². The highest BCUT2D eigenvalue weighted by Gasteiger charge is 2.17. The van der Waals surface area contributed by atoms with Crippen molar-refractivity contribution in [2.45, 2.75) is 25.6 Å². The molecule has 0 unspecified atom stereocenters. The zero-order chi connectivity index (χ0) is 19.4. The summed E-state index contributed by atoms with van der Waals surface area (Å²) in [5, 5.41) is 9.40. The zero-order valence-corrected chi connectivity index (χ0v) is 17.2. The Hall–Kier alpha value is -2.39. The van der Waals surface area contributed by atoms with Crippen molar-refractivity contribution in [3.8, 4) is 16.5 Å². The fraction of sp³-hybridized carbons (Fsp3) is 0.333. The molecule has 0 bridgehead atoms. The van der Waals surface area contributed by atoms with Gasteiger partial charge in [0.25, 0.3) is 11.1 Å². The molecule has 9 heteroatoms. The van der Waals surface area contributed by atoms with Crippen LogP contribution in [-0.2, 0) is 11.3 Å². The molecular weight excluding hydrogens is 384 g/mol.